The van der Waals surface area contributed by atoms with Crippen LogP contribution in [0.1, 0.15) is 30.2 Å². The zero-order chi connectivity index (χ0) is 17.8. The fourth-order valence-corrected chi connectivity index (χ4v) is 3.52. The number of carbonyl (C=O) groups excluding carboxylic acids is 1. The minimum Gasteiger partial charge on any atom is -0.463 e. The summed E-state index contributed by atoms with van der Waals surface area (Å²) < 4.78 is 18.2. The van der Waals surface area contributed by atoms with E-state index in [1.807, 2.05) is 24.4 Å². The van der Waals surface area contributed by atoms with Gasteiger partial charge in [0.2, 0.25) is 0 Å². The summed E-state index contributed by atoms with van der Waals surface area (Å²) in [6.45, 7) is 4.54. The molecule has 2 aromatic rings. The van der Waals surface area contributed by atoms with Crippen LogP contribution in [0.2, 0.25) is 0 Å². The molecule has 0 radical (unpaired) electrons. The molecule has 0 bridgehead atoms. The topological polar surface area (TPSA) is 41.9 Å². The number of allylic oxidation sites excluding steroid dienone is 1. The van der Waals surface area contributed by atoms with Crippen LogP contribution in [-0.4, -0.2) is 29.8 Å². The number of rotatable bonds is 5. The van der Waals surface area contributed by atoms with E-state index < -0.39 is 0 Å². The van der Waals surface area contributed by atoms with Crippen molar-refractivity contribution in [2.75, 3.05) is 13.2 Å². The molecule has 0 unspecified atom stereocenters. The van der Waals surface area contributed by atoms with Crippen LogP contribution in [0.4, 0.5) is 4.39 Å². The minimum atomic E-state index is -0.377. The van der Waals surface area contributed by atoms with Crippen molar-refractivity contribution in [2.24, 2.45) is 5.10 Å². The van der Waals surface area contributed by atoms with Gasteiger partial charge in [0.25, 0.3) is 0 Å². The molecule has 130 valence electrons. The average Bonchev–Trinajstić information content (AvgIpc) is 3.25. The van der Waals surface area contributed by atoms with E-state index in [0.29, 0.717) is 13.2 Å². The predicted octanol–water partition coefficient (Wildman–Crippen LogP) is 4.16. The van der Waals surface area contributed by atoms with Crippen molar-refractivity contribution in [2.45, 2.75) is 19.8 Å². The number of carbonyl (C=O) groups is 1. The first-order chi connectivity index (χ1) is 12.1. The number of hydrazone groups is 1. The van der Waals surface area contributed by atoms with Gasteiger partial charge >= 0.3 is 5.97 Å². The Bertz CT molecular complexity index is 797. The summed E-state index contributed by atoms with van der Waals surface area (Å²) in [4.78, 5) is 12.8. The normalized spacial score (nSPS) is 17.6. The maximum absolute atomic E-state index is 13.3. The van der Waals surface area contributed by atoms with Gasteiger partial charge in [-0.25, -0.2) is 9.18 Å². The van der Waals surface area contributed by atoms with Crippen LogP contribution in [0.5, 0.6) is 0 Å². The van der Waals surface area contributed by atoms with Crippen molar-refractivity contribution in [3.8, 4) is 0 Å². The number of esters is 1. The molecule has 1 aliphatic rings. The molecule has 6 heteroatoms. The standard InChI is InChI=1S/C19H19FN2O2S/c1-3-24-18(23)11-13(2)22-12-16(14-6-8-15(20)9-7-14)19(21-22)17-5-4-10-25-17/h4-11,16H,3,12H2,1-2H3/b13-11+/t16-/m1/s1. The lowest BCUT2D eigenvalue weighted by molar-refractivity contribution is -0.137. The fraction of sp³-hybridized carbons (Fsp3) is 0.263. The molecule has 0 fully saturated rings. The SMILES string of the molecule is CCOC(=O)/C=C(\C)N1C[C@H](c2ccc(F)cc2)C(c2cccs2)=N1. The molecule has 0 amide bonds. The highest BCUT2D eigenvalue weighted by molar-refractivity contribution is 7.12. The van der Waals surface area contributed by atoms with E-state index in [2.05, 4.69) is 0 Å². The lowest BCUT2D eigenvalue weighted by Crippen LogP contribution is -2.18. The van der Waals surface area contributed by atoms with Gasteiger partial charge in [-0.3, -0.25) is 5.01 Å². The molecule has 1 aromatic heterocycles. The Morgan fingerprint density at radius 1 is 1.40 bits per heavy atom. The highest BCUT2D eigenvalue weighted by atomic mass is 32.1. The lowest BCUT2D eigenvalue weighted by atomic mass is 9.94. The summed E-state index contributed by atoms with van der Waals surface area (Å²) in [7, 11) is 0. The van der Waals surface area contributed by atoms with Crippen LogP contribution >= 0.6 is 11.3 Å². The molecule has 0 spiro atoms. The van der Waals surface area contributed by atoms with E-state index >= 15 is 0 Å². The van der Waals surface area contributed by atoms with Gasteiger partial charge in [-0.05, 0) is 43.0 Å². The molecule has 1 aliphatic heterocycles. The van der Waals surface area contributed by atoms with Gasteiger partial charge in [0.15, 0.2) is 0 Å². The molecule has 0 N–H and O–H groups in total. The molecule has 25 heavy (non-hydrogen) atoms. The van der Waals surface area contributed by atoms with Crippen LogP contribution in [0, 0.1) is 5.82 Å². The van der Waals surface area contributed by atoms with Crippen LogP contribution in [0.15, 0.2) is 58.7 Å². The van der Waals surface area contributed by atoms with Gasteiger partial charge in [-0.15, -0.1) is 11.3 Å². The van der Waals surface area contributed by atoms with Crippen LogP contribution in [-0.2, 0) is 9.53 Å². The highest BCUT2D eigenvalue weighted by Crippen LogP contribution is 2.32. The van der Waals surface area contributed by atoms with Crippen LogP contribution in [0.3, 0.4) is 0 Å². The highest BCUT2D eigenvalue weighted by Gasteiger charge is 2.30. The maximum atomic E-state index is 13.3. The zero-order valence-electron chi connectivity index (χ0n) is 14.1. The van der Waals surface area contributed by atoms with Gasteiger partial charge in [0, 0.05) is 17.7 Å². The van der Waals surface area contributed by atoms with Crippen LogP contribution < -0.4 is 0 Å². The first-order valence-corrected chi connectivity index (χ1v) is 8.97. The van der Waals surface area contributed by atoms with E-state index in [4.69, 9.17) is 9.84 Å². The molecule has 1 aromatic carbocycles. The van der Waals surface area contributed by atoms with Crippen molar-refractivity contribution in [3.05, 3.63) is 69.8 Å². The van der Waals surface area contributed by atoms with E-state index in [-0.39, 0.29) is 17.7 Å². The van der Waals surface area contributed by atoms with Crippen molar-refractivity contribution < 1.29 is 13.9 Å². The second-order valence-corrected chi connectivity index (χ2v) is 6.63. The third-order valence-electron chi connectivity index (χ3n) is 3.98. The van der Waals surface area contributed by atoms with Gasteiger partial charge in [0.05, 0.1) is 23.7 Å². The van der Waals surface area contributed by atoms with E-state index in [1.165, 1.54) is 18.2 Å². The molecule has 2 heterocycles. The number of ether oxygens (including phenoxy) is 1. The smallest absolute Gasteiger partial charge is 0.332 e. The number of halogens is 1. The Kier molecular flexibility index (Phi) is 5.28. The minimum absolute atomic E-state index is 0.0183. The summed E-state index contributed by atoms with van der Waals surface area (Å²) in [6.07, 6.45) is 1.45. The lowest BCUT2D eigenvalue weighted by Gasteiger charge is -2.16. The molecule has 3 rings (SSSR count). The molecule has 4 nitrogen and oxygen atoms in total. The number of hydrogen-bond acceptors (Lipinski definition) is 5. The number of thiophene rings is 1. The van der Waals surface area contributed by atoms with Crippen LogP contribution in [0.25, 0.3) is 0 Å². The third-order valence-corrected chi connectivity index (χ3v) is 4.87. The first-order valence-electron chi connectivity index (χ1n) is 8.09. The average molecular weight is 358 g/mol. The van der Waals surface area contributed by atoms with E-state index in [0.717, 1.165) is 21.8 Å². The Labute approximate surface area is 150 Å². The summed E-state index contributed by atoms with van der Waals surface area (Å²) in [5, 5.41) is 8.52. The Hall–Kier alpha value is -2.47. The van der Waals surface area contributed by atoms with Gasteiger partial charge in [-0.1, -0.05) is 18.2 Å². The van der Waals surface area contributed by atoms with Crippen molar-refractivity contribution in [1.82, 2.24) is 5.01 Å². The van der Waals surface area contributed by atoms with Gasteiger partial charge < -0.3 is 4.74 Å². The van der Waals surface area contributed by atoms with E-state index in [1.54, 1.807) is 35.4 Å². The molecule has 0 saturated heterocycles. The number of hydrogen-bond donors (Lipinski definition) is 0. The second-order valence-electron chi connectivity index (χ2n) is 5.69. The molecular weight excluding hydrogens is 339 g/mol. The summed E-state index contributed by atoms with van der Waals surface area (Å²) in [5.74, 6) is -0.616. The Morgan fingerprint density at radius 3 is 2.80 bits per heavy atom. The first kappa shape index (κ1) is 17.4. The van der Waals surface area contributed by atoms with Gasteiger partial charge in [0.1, 0.15) is 5.82 Å². The van der Waals surface area contributed by atoms with Crippen molar-refractivity contribution in [3.63, 3.8) is 0 Å². The second kappa shape index (κ2) is 7.61. The summed E-state index contributed by atoms with van der Waals surface area (Å²) in [6, 6.07) is 10.5. The third kappa shape index (κ3) is 3.96. The fourth-order valence-electron chi connectivity index (χ4n) is 2.76. The Balaban J connectivity index is 1.91. The predicted molar refractivity (Wildman–Crippen MR) is 97.1 cm³/mol. The maximum Gasteiger partial charge on any atom is 0.332 e. The monoisotopic (exact) mass is 358 g/mol. The molecule has 0 saturated carbocycles. The number of benzene rings is 1. The molecule has 1 atom stereocenters. The Morgan fingerprint density at radius 2 is 2.16 bits per heavy atom. The van der Waals surface area contributed by atoms with Crippen molar-refractivity contribution in [1.29, 1.82) is 0 Å². The molecular formula is C19H19FN2O2S. The summed E-state index contributed by atoms with van der Waals surface area (Å²) >= 11 is 1.61. The zero-order valence-corrected chi connectivity index (χ0v) is 14.9. The van der Waals surface area contributed by atoms with E-state index in [9.17, 15) is 9.18 Å². The van der Waals surface area contributed by atoms with Crippen molar-refractivity contribution >= 4 is 23.0 Å². The quantitative estimate of drug-likeness (QED) is 0.595. The summed E-state index contributed by atoms with van der Waals surface area (Å²) in [5.41, 5.74) is 2.65. The molecule has 0 aliphatic carbocycles. The number of nitrogens with zero attached hydrogens (tertiary/aromatic N) is 2. The van der Waals surface area contributed by atoms with Gasteiger partial charge in [-0.2, -0.15) is 5.10 Å². The largest absolute Gasteiger partial charge is 0.463 e.